The fourth-order valence-corrected chi connectivity index (χ4v) is 0.687. The largest absolute Gasteiger partial charge is 0.475 e. The van der Waals surface area contributed by atoms with Gasteiger partial charge in [-0.3, -0.25) is 5.41 Å². The number of nitrogens with two attached hydrogens (primary N) is 1. The first-order valence-corrected chi connectivity index (χ1v) is 2.78. The number of carboxylic acid groups (broad SMARTS) is 1. The van der Waals surface area contributed by atoms with E-state index in [1.165, 1.54) is 12.3 Å². The molecule has 5 heteroatoms. The number of amidine groups is 1. The van der Waals surface area contributed by atoms with Crippen LogP contribution in [0, 0.1) is 5.41 Å². The van der Waals surface area contributed by atoms with Crippen LogP contribution in [0.2, 0.25) is 0 Å². The molecule has 0 bridgehead atoms. The van der Waals surface area contributed by atoms with Gasteiger partial charge >= 0.3 is 5.97 Å². The molecular weight excluding hydrogens is 148 g/mol. The van der Waals surface area contributed by atoms with E-state index in [2.05, 4.69) is 4.42 Å². The van der Waals surface area contributed by atoms with Crippen molar-refractivity contribution in [1.82, 2.24) is 0 Å². The first-order chi connectivity index (χ1) is 5.13. The van der Waals surface area contributed by atoms with Gasteiger partial charge in [0.1, 0.15) is 5.84 Å². The third-order valence-corrected chi connectivity index (χ3v) is 1.15. The molecule has 0 radical (unpaired) electrons. The number of carbonyl (C=O) groups is 1. The molecule has 0 aliphatic rings. The Morgan fingerprint density at radius 2 is 2.36 bits per heavy atom. The summed E-state index contributed by atoms with van der Waals surface area (Å²) in [5, 5.41) is 15.4. The second-order valence-electron chi connectivity index (χ2n) is 1.88. The van der Waals surface area contributed by atoms with E-state index in [0.29, 0.717) is 0 Å². The number of aromatic carboxylic acids is 1. The number of carboxylic acids is 1. The first-order valence-electron chi connectivity index (χ1n) is 2.78. The minimum atomic E-state index is -1.22. The maximum absolute atomic E-state index is 10.3. The molecule has 1 rings (SSSR count). The Balaban J connectivity index is 3.16. The van der Waals surface area contributed by atoms with Gasteiger partial charge in [-0.2, -0.15) is 0 Å². The van der Waals surface area contributed by atoms with Crippen LogP contribution in [0.25, 0.3) is 0 Å². The quantitative estimate of drug-likeness (QED) is 0.420. The molecule has 0 saturated carbocycles. The average molecular weight is 154 g/mol. The SMILES string of the molecule is N=C(N)c1ccoc1C(=O)O. The number of nitrogen functional groups attached to an aromatic ring is 1. The number of hydrogen-bond donors (Lipinski definition) is 3. The van der Waals surface area contributed by atoms with Gasteiger partial charge < -0.3 is 15.3 Å². The Morgan fingerprint density at radius 1 is 1.73 bits per heavy atom. The van der Waals surface area contributed by atoms with E-state index in [-0.39, 0.29) is 17.2 Å². The number of rotatable bonds is 2. The Hall–Kier alpha value is -1.78. The van der Waals surface area contributed by atoms with Gasteiger partial charge in [0, 0.05) is 0 Å². The van der Waals surface area contributed by atoms with Crippen molar-refractivity contribution >= 4 is 11.8 Å². The molecule has 0 atom stereocenters. The van der Waals surface area contributed by atoms with E-state index >= 15 is 0 Å². The standard InChI is InChI=1S/C6H6N2O3/c7-5(8)3-1-2-11-4(3)6(9)10/h1-2H,(H3,7,8)(H,9,10). The predicted molar refractivity (Wildman–Crippen MR) is 36.7 cm³/mol. The lowest BCUT2D eigenvalue weighted by Crippen LogP contribution is -2.14. The topological polar surface area (TPSA) is 100 Å². The summed E-state index contributed by atoms with van der Waals surface area (Å²) in [5.74, 6) is -1.83. The van der Waals surface area contributed by atoms with Gasteiger partial charge in [0.2, 0.25) is 5.76 Å². The molecule has 4 N–H and O–H groups in total. The van der Waals surface area contributed by atoms with E-state index in [4.69, 9.17) is 16.2 Å². The maximum Gasteiger partial charge on any atom is 0.372 e. The van der Waals surface area contributed by atoms with Crippen molar-refractivity contribution in [2.24, 2.45) is 5.73 Å². The molecule has 1 heterocycles. The predicted octanol–water partition coefficient (Wildman–Crippen LogP) is 0.262. The van der Waals surface area contributed by atoms with Crippen LogP contribution in [0.4, 0.5) is 0 Å². The van der Waals surface area contributed by atoms with E-state index in [1.807, 2.05) is 0 Å². The molecular formula is C6H6N2O3. The van der Waals surface area contributed by atoms with E-state index in [0.717, 1.165) is 0 Å². The van der Waals surface area contributed by atoms with Gasteiger partial charge in [0.25, 0.3) is 0 Å². The van der Waals surface area contributed by atoms with Crippen molar-refractivity contribution in [3.8, 4) is 0 Å². The summed E-state index contributed by atoms with van der Waals surface area (Å²) in [7, 11) is 0. The lowest BCUT2D eigenvalue weighted by molar-refractivity contribution is 0.0662. The summed E-state index contributed by atoms with van der Waals surface area (Å²) in [6.45, 7) is 0. The van der Waals surface area contributed by atoms with Crippen LogP contribution in [0.15, 0.2) is 16.7 Å². The van der Waals surface area contributed by atoms with Crippen LogP contribution < -0.4 is 5.73 Å². The van der Waals surface area contributed by atoms with Gasteiger partial charge in [-0.1, -0.05) is 0 Å². The van der Waals surface area contributed by atoms with Crippen LogP contribution in [-0.4, -0.2) is 16.9 Å². The van der Waals surface area contributed by atoms with Gasteiger partial charge in [-0.05, 0) is 6.07 Å². The average Bonchev–Trinajstić information content (AvgIpc) is 2.32. The van der Waals surface area contributed by atoms with Crippen molar-refractivity contribution in [1.29, 1.82) is 5.41 Å². The Kier molecular flexibility index (Phi) is 1.63. The molecule has 0 saturated heterocycles. The van der Waals surface area contributed by atoms with E-state index < -0.39 is 5.97 Å². The monoisotopic (exact) mass is 154 g/mol. The Morgan fingerprint density at radius 3 is 2.73 bits per heavy atom. The smallest absolute Gasteiger partial charge is 0.372 e. The lowest BCUT2D eigenvalue weighted by Gasteiger charge is -1.92. The molecule has 0 aromatic carbocycles. The van der Waals surface area contributed by atoms with Crippen molar-refractivity contribution in [3.63, 3.8) is 0 Å². The summed E-state index contributed by atoms with van der Waals surface area (Å²) >= 11 is 0. The summed E-state index contributed by atoms with van der Waals surface area (Å²) < 4.78 is 4.57. The molecule has 58 valence electrons. The molecule has 0 fully saturated rings. The second kappa shape index (κ2) is 2.45. The zero-order valence-electron chi connectivity index (χ0n) is 5.50. The van der Waals surface area contributed by atoms with Crippen molar-refractivity contribution < 1.29 is 14.3 Å². The van der Waals surface area contributed by atoms with Gasteiger partial charge in [-0.15, -0.1) is 0 Å². The zero-order valence-corrected chi connectivity index (χ0v) is 5.50. The molecule has 11 heavy (non-hydrogen) atoms. The molecule has 0 aliphatic carbocycles. The lowest BCUT2D eigenvalue weighted by atomic mass is 10.2. The van der Waals surface area contributed by atoms with Crippen LogP contribution >= 0.6 is 0 Å². The molecule has 1 aromatic heterocycles. The number of furan rings is 1. The molecule has 5 nitrogen and oxygen atoms in total. The van der Waals surface area contributed by atoms with Gasteiger partial charge in [0.15, 0.2) is 0 Å². The molecule has 0 amide bonds. The van der Waals surface area contributed by atoms with Crippen LogP contribution in [-0.2, 0) is 0 Å². The van der Waals surface area contributed by atoms with Gasteiger partial charge in [0.05, 0.1) is 11.8 Å². The molecule has 0 spiro atoms. The normalized spacial score (nSPS) is 9.45. The molecule has 0 aliphatic heterocycles. The minimum absolute atomic E-state index is 0.109. The van der Waals surface area contributed by atoms with E-state index in [1.54, 1.807) is 0 Å². The molecule has 1 aromatic rings. The fourth-order valence-electron chi connectivity index (χ4n) is 0.687. The number of nitrogens with one attached hydrogen (secondary N) is 1. The van der Waals surface area contributed by atoms with Crippen LogP contribution in [0.5, 0.6) is 0 Å². The zero-order chi connectivity index (χ0) is 8.43. The minimum Gasteiger partial charge on any atom is -0.475 e. The highest BCUT2D eigenvalue weighted by atomic mass is 16.4. The maximum atomic E-state index is 10.3. The summed E-state index contributed by atoms with van der Waals surface area (Å²) in [5.41, 5.74) is 5.17. The van der Waals surface area contributed by atoms with Gasteiger partial charge in [-0.25, -0.2) is 4.79 Å². The summed E-state index contributed by atoms with van der Waals surface area (Å²) in [6, 6.07) is 1.34. The Labute approximate surface area is 61.9 Å². The second-order valence-corrected chi connectivity index (χ2v) is 1.88. The highest BCUT2D eigenvalue weighted by Crippen LogP contribution is 2.08. The summed E-state index contributed by atoms with van der Waals surface area (Å²) in [6.07, 6.45) is 1.18. The first kappa shape index (κ1) is 7.33. The van der Waals surface area contributed by atoms with Crippen molar-refractivity contribution in [3.05, 3.63) is 23.7 Å². The third kappa shape index (κ3) is 1.21. The highest BCUT2D eigenvalue weighted by Gasteiger charge is 2.15. The summed E-state index contributed by atoms with van der Waals surface area (Å²) in [4.78, 5) is 10.3. The van der Waals surface area contributed by atoms with Crippen LogP contribution in [0.1, 0.15) is 16.1 Å². The molecule has 0 unspecified atom stereocenters. The third-order valence-electron chi connectivity index (χ3n) is 1.15. The van der Waals surface area contributed by atoms with Crippen molar-refractivity contribution in [2.45, 2.75) is 0 Å². The number of hydrogen-bond acceptors (Lipinski definition) is 3. The Bertz CT molecular complexity index is 274. The highest BCUT2D eigenvalue weighted by molar-refractivity contribution is 6.03. The van der Waals surface area contributed by atoms with Crippen LogP contribution in [0.3, 0.4) is 0 Å². The van der Waals surface area contributed by atoms with Crippen molar-refractivity contribution in [2.75, 3.05) is 0 Å². The van der Waals surface area contributed by atoms with E-state index in [9.17, 15) is 4.79 Å². The fraction of sp³-hybridized carbons (Fsp3) is 0.